The van der Waals surface area contributed by atoms with Crippen molar-refractivity contribution < 1.29 is 9.53 Å². The minimum atomic E-state index is -0.288. The van der Waals surface area contributed by atoms with Gasteiger partial charge in [-0.15, -0.1) is 5.10 Å². The van der Waals surface area contributed by atoms with E-state index in [9.17, 15) is 4.79 Å². The number of methoxy groups -OCH3 is 1. The van der Waals surface area contributed by atoms with E-state index in [0.717, 1.165) is 24.0 Å². The molecule has 0 radical (unpaired) electrons. The third-order valence-electron chi connectivity index (χ3n) is 4.92. The van der Waals surface area contributed by atoms with Crippen LogP contribution < -0.4 is 4.74 Å². The van der Waals surface area contributed by atoms with Crippen LogP contribution in [0.4, 0.5) is 0 Å². The minimum absolute atomic E-state index is 0.0892. The third kappa shape index (κ3) is 3.80. The third-order valence-corrected chi connectivity index (χ3v) is 6.11. The molecule has 2 aromatic carbocycles. The Balaban J connectivity index is 1.51. The first-order valence-corrected chi connectivity index (χ1v) is 10.4. The molecule has 1 aliphatic rings. The molecule has 0 amide bonds. The van der Waals surface area contributed by atoms with Gasteiger partial charge in [-0.2, -0.15) is 0 Å². The van der Waals surface area contributed by atoms with Gasteiger partial charge in [-0.25, -0.2) is 4.98 Å². The van der Waals surface area contributed by atoms with Crippen LogP contribution in [0.5, 0.6) is 5.75 Å². The highest BCUT2D eigenvalue weighted by atomic mass is 35.5. The Bertz CT molecular complexity index is 1030. The summed E-state index contributed by atoms with van der Waals surface area (Å²) in [6, 6.07) is 11.4. The topological polar surface area (TPSA) is 67.9 Å². The summed E-state index contributed by atoms with van der Waals surface area (Å²) in [5.74, 6) is 1.30. The minimum Gasteiger partial charge on any atom is -0.496 e. The first-order chi connectivity index (χ1) is 13.5. The summed E-state index contributed by atoms with van der Waals surface area (Å²) in [5.41, 5.74) is 4.15. The molecule has 1 heterocycles. The molecule has 0 fully saturated rings. The van der Waals surface area contributed by atoms with Gasteiger partial charge in [-0.05, 0) is 61.6 Å². The van der Waals surface area contributed by atoms with Crippen molar-refractivity contribution in [3.63, 3.8) is 0 Å². The molecule has 4 rings (SSSR count). The van der Waals surface area contributed by atoms with Crippen LogP contribution in [0.1, 0.15) is 34.8 Å². The average molecular weight is 414 g/mol. The molecule has 0 bridgehead atoms. The van der Waals surface area contributed by atoms with Gasteiger partial charge in [0.15, 0.2) is 11.6 Å². The van der Waals surface area contributed by atoms with Crippen molar-refractivity contribution in [1.82, 2.24) is 15.2 Å². The summed E-state index contributed by atoms with van der Waals surface area (Å²) in [4.78, 5) is 17.4. The molecular weight excluding hydrogens is 394 g/mol. The molecule has 1 N–H and O–H groups in total. The fraction of sp³-hybridized carbons (Fsp3) is 0.286. The molecule has 28 heavy (non-hydrogen) atoms. The summed E-state index contributed by atoms with van der Waals surface area (Å²) in [7, 11) is 1.59. The number of ether oxygens (including phenoxy) is 1. The predicted molar refractivity (Wildman–Crippen MR) is 111 cm³/mol. The molecule has 1 unspecified atom stereocenters. The highest BCUT2D eigenvalue weighted by Gasteiger charge is 2.21. The number of aromatic nitrogens is 3. The van der Waals surface area contributed by atoms with Crippen molar-refractivity contribution in [3.05, 3.63) is 58.1 Å². The van der Waals surface area contributed by atoms with Gasteiger partial charge in [-0.1, -0.05) is 35.5 Å². The number of halogens is 1. The van der Waals surface area contributed by atoms with E-state index in [1.807, 2.05) is 19.1 Å². The van der Waals surface area contributed by atoms with Crippen LogP contribution in [-0.4, -0.2) is 33.3 Å². The van der Waals surface area contributed by atoms with Gasteiger partial charge < -0.3 is 4.74 Å². The normalized spacial score (nSPS) is 14.0. The van der Waals surface area contributed by atoms with Crippen molar-refractivity contribution in [1.29, 1.82) is 0 Å². The van der Waals surface area contributed by atoms with E-state index < -0.39 is 0 Å². The Labute approximate surface area is 172 Å². The van der Waals surface area contributed by atoms with Crippen LogP contribution in [0, 0.1) is 0 Å². The molecule has 1 aromatic heterocycles. The molecular formula is C21H20ClN3O2S. The summed E-state index contributed by atoms with van der Waals surface area (Å²) >= 11 is 7.43. The number of hydrogen-bond acceptors (Lipinski definition) is 5. The highest BCUT2D eigenvalue weighted by Crippen LogP contribution is 2.32. The second-order valence-electron chi connectivity index (χ2n) is 6.77. The maximum absolute atomic E-state index is 12.8. The molecule has 5 nitrogen and oxygen atoms in total. The number of aryl methyl sites for hydroxylation is 2. The Morgan fingerprint density at radius 1 is 1.21 bits per heavy atom. The first-order valence-electron chi connectivity index (χ1n) is 9.14. The van der Waals surface area contributed by atoms with E-state index in [1.165, 1.54) is 29.3 Å². The number of carbonyl (C=O) groups excluding carboxylic acids is 1. The fourth-order valence-electron chi connectivity index (χ4n) is 3.46. The van der Waals surface area contributed by atoms with E-state index in [2.05, 4.69) is 21.2 Å². The molecule has 7 heteroatoms. The molecule has 3 aromatic rings. The molecule has 0 saturated carbocycles. The number of carbonyl (C=O) groups is 1. The van der Waals surface area contributed by atoms with Gasteiger partial charge in [-0.3, -0.25) is 9.89 Å². The van der Waals surface area contributed by atoms with Gasteiger partial charge in [0.2, 0.25) is 5.16 Å². The van der Waals surface area contributed by atoms with Crippen molar-refractivity contribution >= 4 is 29.1 Å². The van der Waals surface area contributed by atoms with Crippen molar-refractivity contribution in [2.45, 2.75) is 36.6 Å². The zero-order chi connectivity index (χ0) is 19.7. The number of nitrogens with zero attached hydrogens (tertiary/aromatic N) is 2. The standard InChI is InChI=1S/C21H20ClN3O2S/c1-12(19(26)15-7-6-13-4-3-5-14(13)10-15)28-21-23-20(24-25-21)17-11-16(22)8-9-18(17)27-2/h6-12H,3-5H2,1-2H3,(H,23,24,25). The summed E-state index contributed by atoms with van der Waals surface area (Å²) in [5, 5.41) is 7.97. The molecule has 0 saturated heterocycles. The molecule has 1 atom stereocenters. The van der Waals surface area contributed by atoms with E-state index in [-0.39, 0.29) is 11.0 Å². The van der Waals surface area contributed by atoms with Crippen LogP contribution in [-0.2, 0) is 12.8 Å². The van der Waals surface area contributed by atoms with Gasteiger partial charge in [0.05, 0.1) is 17.9 Å². The first kappa shape index (κ1) is 19.0. The van der Waals surface area contributed by atoms with E-state index in [0.29, 0.717) is 21.8 Å². The van der Waals surface area contributed by atoms with E-state index in [1.54, 1.807) is 25.3 Å². The summed E-state index contributed by atoms with van der Waals surface area (Å²) in [6.45, 7) is 1.89. The lowest BCUT2D eigenvalue weighted by Crippen LogP contribution is -2.14. The number of hydrogen-bond donors (Lipinski definition) is 1. The summed E-state index contributed by atoms with van der Waals surface area (Å²) in [6.07, 6.45) is 3.34. The van der Waals surface area contributed by atoms with Crippen LogP contribution in [0.25, 0.3) is 11.4 Å². The van der Waals surface area contributed by atoms with E-state index >= 15 is 0 Å². The number of thioether (sulfide) groups is 1. The zero-order valence-electron chi connectivity index (χ0n) is 15.7. The van der Waals surface area contributed by atoms with Gasteiger partial charge in [0, 0.05) is 10.6 Å². The largest absolute Gasteiger partial charge is 0.496 e. The molecule has 1 aliphatic carbocycles. The van der Waals surface area contributed by atoms with Crippen molar-refractivity contribution in [2.75, 3.05) is 7.11 Å². The van der Waals surface area contributed by atoms with Crippen LogP contribution in [0.2, 0.25) is 5.02 Å². The van der Waals surface area contributed by atoms with Gasteiger partial charge in [0.25, 0.3) is 0 Å². The fourth-order valence-corrected chi connectivity index (χ4v) is 4.43. The van der Waals surface area contributed by atoms with E-state index in [4.69, 9.17) is 16.3 Å². The zero-order valence-corrected chi connectivity index (χ0v) is 17.2. The van der Waals surface area contributed by atoms with Gasteiger partial charge >= 0.3 is 0 Å². The lowest BCUT2D eigenvalue weighted by Gasteiger charge is -2.09. The maximum atomic E-state index is 12.8. The second kappa shape index (κ2) is 7.97. The lowest BCUT2D eigenvalue weighted by molar-refractivity contribution is 0.0994. The monoisotopic (exact) mass is 413 g/mol. The maximum Gasteiger partial charge on any atom is 0.209 e. The van der Waals surface area contributed by atoms with Gasteiger partial charge in [0.1, 0.15) is 5.75 Å². The molecule has 0 spiro atoms. The predicted octanol–water partition coefficient (Wildman–Crippen LogP) is 4.99. The number of nitrogens with one attached hydrogen (secondary N) is 1. The number of fused-ring (bicyclic) bond motifs is 1. The molecule has 144 valence electrons. The molecule has 0 aliphatic heterocycles. The highest BCUT2D eigenvalue weighted by molar-refractivity contribution is 8.00. The quantitative estimate of drug-likeness (QED) is 0.455. The number of aromatic amines is 1. The van der Waals surface area contributed by atoms with Crippen LogP contribution in [0.3, 0.4) is 0 Å². The smallest absolute Gasteiger partial charge is 0.209 e. The number of benzene rings is 2. The SMILES string of the molecule is COc1ccc(Cl)cc1-c1nc(SC(C)C(=O)c2ccc3c(c2)CCC3)n[nH]1. The summed E-state index contributed by atoms with van der Waals surface area (Å²) < 4.78 is 5.37. The Morgan fingerprint density at radius 3 is 2.86 bits per heavy atom. The lowest BCUT2D eigenvalue weighted by atomic mass is 10.0. The average Bonchev–Trinajstić information content (AvgIpc) is 3.36. The number of rotatable bonds is 6. The second-order valence-corrected chi connectivity index (χ2v) is 8.52. The van der Waals surface area contributed by atoms with Crippen LogP contribution in [0.15, 0.2) is 41.6 Å². The Morgan fingerprint density at radius 2 is 2.04 bits per heavy atom. The van der Waals surface area contributed by atoms with Crippen LogP contribution >= 0.6 is 23.4 Å². The number of Topliss-reactive ketones (excluding diaryl/α,β-unsaturated/α-hetero) is 1. The number of ketones is 1. The Kier molecular flexibility index (Phi) is 5.42. The number of H-pyrrole nitrogens is 1. The van der Waals surface area contributed by atoms with Crippen molar-refractivity contribution in [3.8, 4) is 17.1 Å². The van der Waals surface area contributed by atoms with Crippen molar-refractivity contribution in [2.24, 2.45) is 0 Å². The Hall–Kier alpha value is -2.31.